The highest BCUT2D eigenvalue weighted by Gasteiger charge is 2.50. The van der Waals surface area contributed by atoms with Crippen LogP contribution in [0.15, 0.2) is 59.1 Å². The molecule has 2 aliphatic rings. The summed E-state index contributed by atoms with van der Waals surface area (Å²) < 4.78 is 65.3. The highest BCUT2D eigenvalue weighted by atomic mass is 33.1. The van der Waals surface area contributed by atoms with Crippen molar-refractivity contribution in [3.8, 4) is 0 Å². The number of nitrogens with two attached hydrogens (primary N) is 3. The number of phosphoric acid groups is 2. The van der Waals surface area contributed by atoms with Crippen molar-refractivity contribution in [3.05, 3.63) is 75.7 Å². The number of benzene rings is 1. The number of carbonyl (C=O) groups is 2. The summed E-state index contributed by atoms with van der Waals surface area (Å²) in [6, 6.07) is 6.57. The molecule has 0 radical (unpaired) electrons. The Morgan fingerprint density at radius 1 is 1.07 bits per heavy atom. The summed E-state index contributed by atoms with van der Waals surface area (Å²) in [5, 5.41) is 17.6. The van der Waals surface area contributed by atoms with Crippen LogP contribution in [0.5, 0.6) is 0 Å². The SMILES string of the molecule is CSS[C@@H](CC[C@H](N)C(=O)O[C@H]1[C@@H](O)[C@H](n2cnc3c(N)ncnc32)O[C@@H]1COP(=O)(O)O[C@H]1C[C@H](n2ccc(N)nc2=O)O[C@@H]1COP(=O)(O)O)CNC(=O)OCc1ccccc1N=[N+]=[N-]. The lowest BCUT2D eigenvalue weighted by Gasteiger charge is -2.25. The number of hydrogen-bond donors (Lipinski definition) is 8. The molecular weight excluding hydrogens is 973 g/mol. The number of fused-ring (bicyclic) bond motifs is 1. The van der Waals surface area contributed by atoms with Crippen molar-refractivity contribution in [3.63, 3.8) is 0 Å². The fourth-order valence-corrected chi connectivity index (χ4v) is 10.1. The summed E-state index contributed by atoms with van der Waals surface area (Å²) in [6.07, 6.45) is -5.80. The Balaban J connectivity index is 1.11. The van der Waals surface area contributed by atoms with Crippen LogP contribution in [0.1, 0.15) is 37.3 Å². The van der Waals surface area contributed by atoms with Gasteiger partial charge in [0.1, 0.15) is 61.0 Å². The van der Waals surface area contributed by atoms with Crippen LogP contribution < -0.4 is 28.2 Å². The maximum Gasteiger partial charge on any atom is 0.472 e. The van der Waals surface area contributed by atoms with Crippen LogP contribution in [-0.4, -0.2) is 129 Å². The van der Waals surface area contributed by atoms with Crippen LogP contribution in [0.2, 0.25) is 0 Å². The maximum atomic E-state index is 13.6. The minimum absolute atomic E-state index is 0.00151. The second-order valence-corrected chi connectivity index (χ2v) is 19.9. The Labute approximate surface area is 386 Å². The molecule has 2 fully saturated rings. The molecule has 29 nitrogen and oxygen atoms in total. The van der Waals surface area contributed by atoms with Crippen molar-refractivity contribution in [2.45, 2.75) is 80.1 Å². The standard InChI is InChI=1S/C34H45N13O16P2S2/c1-66-67-18(11-39-34(51)57-12-17-4-2-3-5-20(17)44-45-38)6-7-19(35)32(49)62-28-23(61-31(27(28)48)47-16-42-26-29(37)40-15-41-30(26)47)14-59-65(55,56)63-21-10-25(46-9-8-24(36)43-33(46)50)60-22(21)13-58-64(52,53)54/h2-5,8-9,15-16,18-19,21-23,25,27-28,31,48H,6-7,10-14,35H2,1H3,(H,39,51)(H,55,56)(H2,36,43,50)(H2,37,40,41)(H2,52,53,54)/t18-,19-,21-,22+,23+,25+,27+,28+,31+/m0/s1. The van der Waals surface area contributed by atoms with E-state index in [4.69, 9.17) is 50.7 Å². The van der Waals surface area contributed by atoms with Gasteiger partial charge in [-0.15, -0.1) is 0 Å². The molecule has 5 heterocycles. The van der Waals surface area contributed by atoms with E-state index in [0.29, 0.717) is 11.3 Å². The van der Waals surface area contributed by atoms with Gasteiger partial charge in [-0.05, 0) is 36.3 Å². The number of anilines is 2. The summed E-state index contributed by atoms with van der Waals surface area (Å²) in [6.45, 7) is -1.79. The van der Waals surface area contributed by atoms with Crippen LogP contribution in [-0.2, 0) is 53.1 Å². The maximum absolute atomic E-state index is 13.6. The average Bonchev–Trinajstić information content (AvgIpc) is 3.97. The van der Waals surface area contributed by atoms with E-state index < -0.39 is 95.6 Å². The molecule has 33 heteroatoms. The van der Waals surface area contributed by atoms with Crippen LogP contribution >= 0.6 is 37.2 Å². The third kappa shape index (κ3) is 13.8. The molecule has 1 amide bonds. The minimum atomic E-state index is -5.22. The zero-order valence-corrected chi connectivity index (χ0v) is 38.3. The highest BCUT2D eigenvalue weighted by Crippen LogP contribution is 2.50. The molecule has 10 atom stereocenters. The molecule has 11 N–H and O–H groups in total. The smallest absolute Gasteiger partial charge is 0.455 e. The fraction of sp³-hybridized carbons (Fsp3) is 0.500. The highest BCUT2D eigenvalue weighted by molar-refractivity contribution is 8.76. The third-order valence-corrected chi connectivity index (χ3v) is 13.7. The summed E-state index contributed by atoms with van der Waals surface area (Å²) in [5.74, 6) is -1.11. The number of imidazole rings is 1. The summed E-state index contributed by atoms with van der Waals surface area (Å²) >= 11 is 0. The number of azide groups is 1. The largest absolute Gasteiger partial charge is 0.472 e. The number of aromatic nitrogens is 6. The first-order chi connectivity index (χ1) is 31.9. The van der Waals surface area contributed by atoms with Gasteiger partial charge in [0.25, 0.3) is 0 Å². The molecule has 6 rings (SSSR count). The lowest BCUT2D eigenvalue weighted by Crippen LogP contribution is -2.43. The van der Waals surface area contributed by atoms with Gasteiger partial charge in [0, 0.05) is 35.0 Å². The van der Waals surface area contributed by atoms with Crippen LogP contribution in [0.25, 0.3) is 21.6 Å². The van der Waals surface area contributed by atoms with Crippen LogP contribution in [0, 0.1) is 0 Å². The molecule has 0 saturated carbocycles. The quantitative estimate of drug-likeness (QED) is 0.0139. The number of hydrogen-bond acceptors (Lipinski definition) is 23. The number of phosphoric ester groups is 2. The Morgan fingerprint density at radius 3 is 2.57 bits per heavy atom. The number of alkyl carbamates (subject to hydrolysis) is 1. The predicted octanol–water partition coefficient (Wildman–Crippen LogP) is 1.67. The van der Waals surface area contributed by atoms with Crippen molar-refractivity contribution < 1.29 is 71.0 Å². The Bertz CT molecular complexity index is 2590. The second kappa shape index (κ2) is 22.9. The predicted molar refractivity (Wildman–Crippen MR) is 235 cm³/mol. The molecule has 4 aromatic rings. The van der Waals surface area contributed by atoms with Crippen LogP contribution in [0.3, 0.4) is 0 Å². The fourth-order valence-electron chi connectivity index (χ4n) is 6.80. The van der Waals surface area contributed by atoms with E-state index in [2.05, 4.69) is 39.8 Å². The van der Waals surface area contributed by atoms with E-state index >= 15 is 0 Å². The lowest BCUT2D eigenvalue weighted by atomic mass is 10.1. The average molecular weight is 1020 g/mol. The van der Waals surface area contributed by atoms with Crippen molar-refractivity contribution in [2.75, 3.05) is 37.5 Å². The summed E-state index contributed by atoms with van der Waals surface area (Å²) in [7, 11) is -7.50. The van der Waals surface area contributed by atoms with E-state index in [1.54, 1.807) is 24.3 Å². The van der Waals surface area contributed by atoms with Gasteiger partial charge < -0.3 is 61.3 Å². The van der Waals surface area contributed by atoms with E-state index in [1.165, 1.54) is 44.7 Å². The van der Waals surface area contributed by atoms with Gasteiger partial charge in [-0.25, -0.2) is 33.7 Å². The van der Waals surface area contributed by atoms with Gasteiger partial charge in [-0.1, -0.05) is 51.0 Å². The molecule has 0 aliphatic carbocycles. The molecular formula is C34H45N13O16P2S2. The van der Waals surface area contributed by atoms with Gasteiger partial charge in [0.2, 0.25) is 0 Å². The number of amides is 1. The number of nitrogen functional groups attached to an aromatic ring is 2. The van der Waals surface area contributed by atoms with E-state index in [0.717, 1.165) is 10.9 Å². The number of rotatable bonds is 22. The zero-order chi connectivity index (χ0) is 48.5. The number of aliphatic hydroxyl groups is 1. The van der Waals surface area contributed by atoms with Crippen molar-refractivity contribution in [1.82, 2.24) is 34.4 Å². The van der Waals surface area contributed by atoms with Gasteiger partial charge in [0.05, 0.1) is 19.5 Å². The van der Waals surface area contributed by atoms with Gasteiger partial charge >= 0.3 is 33.4 Å². The second-order valence-electron chi connectivity index (χ2n) is 14.5. The molecule has 1 unspecified atom stereocenters. The first-order valence-electron chi connectivity index (χ1n) is 19.7. The van der Waals surface area contributed by atoms with Gasteiger partial charge in [0.15, 0.2) is 23.8 Å². The van der Waals surface area contributed by atoms with Gasteiger partial charge in [-0.2, -0.15) is 4.98 Å². The van der Waals surface area contributed by atoms with Crippen molar-refractivity contribution in [2.24, 2.45) is 10.8 Å². The Kier molecular flexibility index (Phi) is 17.6. The molecule has 0 spiro atoms. The molecule has 0 bridgehead atoms. The Hall–Kier alpha value is -4.94. The van der Waals surface area contributed by atoms with Crippen LogP contribution in [0.4, 0.5) is 22.1 Å². The molecule has 67 heavy (non-hydrogen) atoms. The van der Waals surface area contributed by atoms with E-state index in [9.17, 15) is 43.3 Å². The zero-order valence-electron chi connectivity index (χ0n) is 34.9. The summed E-state index contributed by atoms with van der Waals surface area (Å²) in [4.78, 5) is 86.8. The first kappa shape index (κ1) is 51.5. The molecule has 1 aromatic carbocycles. The molecule has 2 saturated heterocycles. The normalized spacial score (nSPS) is 23.5. The first-order valence-corrected chi connectivity index (χ1v) is 25.3. The molecule has 364 valence electrons. The Morgan fingerprint density at radius 2 is 1.84 bits per heavy atom. The number of nitrogens with one attached hydrogen (secondary N) is 1. The number of nitrogens with zero attached hydrogens (tertiary/aromatic N) is 9. The number of aliphatic hydroxyl groups excluding tert-OH is 1. The summed E-state index contributed by atoms with van der Waals surface area (Å²) in [5.41, 5.74) is 26.8. The third-order valence-electron chi connectivity index (χ3n) is 9.95. The van der Waals surface area contributed by atoms with Crippen molar-refractivity contribution >= 4 is 77.8 Å². The minimum Gasteiger partial charge on any atom is -0.455 e. The number of ether oxygens (including phenoxy) is 4. The monoisotopic (exact) mass is 1020 g/mol. The van der Waals surface area contributed by atoms with Gasteiger partial charge in [-0.3, -0.25) is 27.5 Å². The topological polar surface area (TPSA) is 431 Å². The van der Waals surface area contributed by atoms with E-state index in [-0.39, 0.29) is 60.5 Å². The lowest BCUT2D eigenvalue weighted by molar-refractivity contribution is -0.158. The van der Waals surface area contributed by atoms with E-state index in [1.807, 2.05) is 6.26 Å². The molecule has 3 aromatic heterocycles. The number of carbonyl (C=O) groups excluding carboxylic acids is 2. The van der Waals surface area contributed by atoms with Crippen molar-refractivity contribution in [1.29, 1.82) is 0 Å². The number of esters is 1. The molecule has 2 aliphatic heterocycles.